The zero-order valence-electron chi connectivity index (χ0n) is 22.4. The highest BCUT2D eigenvalue weighted by atomic mass is 16.3. The number of aromatic amines is 2. The number of aromatic nitrogens is 4. The third-order valence-electron chi connectivity index (χ3n) is 6.96. The van der Waals surface area contributed by atoms with Crippen molar-refractivity contribution in [2.24, 2.45) is 22.3 Å². The zero-order chi connectivity index (χ0) is 26.5. The van der Waals surface area contributed by atoms with Crippen LogP contribution in [0.2, 0.25) is 0 Å². The summed E-state index contributed by atoms with van der Waals surface area (Å²) >= 11 is 0. The van der Waals surface area contributed by atoms with Crippen molar-refractivity contribution in [3.63, 3.8) is 0 Å². The Morgan fingerprint density at radius 3 is 1.70 bits per heavy atom. The molecule has 0 radical (unpaired) electrons. The molecule has 0 bridgehead atoms. The summed E-state index contributed by atoms with van der Waals surface area (Å²) in [6.45, 7) is 12.7. The van der Waals surface area contributed by atoms with Crippen LogP contribution < -0.4 is 11.5 Å². The van der Waals surface area contributed by atoms with E-state index in [1.54, 1.807) is 0 Å². The summed E-state index contributed by atoms with van der Waals surface area (Å²) in [7, 11) is 0. The van der Waals surface area contributed by atoms with Crippen molar-refractivity contribution < 1.29 is 4.42 Å². The molecule has 5 aromatic rings. The van der Waals surface area contributed by atoms with Crippen LogP contribution in [0.3, 0.4) is 0 Å². The van der Waals surface area contributed by atoms with Gasteiger partial charge in [0.25, 0.3) is 0 Å². The minimum Gasteiger partial charge on any atom is -0.456 e. The van der Waals surface area contributed by atoms with Gasteiger partial charge in [-0.1, -0.05) is 77.9 Å². The van der Waals surface area contributed by atoms with Gasteiger partial charge in [-0.05, 0) is 28.5 Å². The number of H-pyrrole nitrogens is 2. The predicted octanol–water partition coefficient (Wildman–Crippen LogP) is 6.97. The van der Waals surface area contributed by atoms with E-state index < -0.39 is 0 Å². The number of nitrogens with one attached hydrogen (secondary N) is 2. The summed E-state index contributed by atoms with van der Waals surface area (Å²) in [6.07, 6.45) is 3.67. The van der Waals surface area contributed by atoms with Gasteiger partial charge in [0.15, 0.2) is 0 Å². The molecule has 0 unspecified atom stereocenters. The Balaban J connectivity index is 1.37. The number of furan rings is 1. The monoisotopic (exact) mass is 496 g/mol. The standard InChI is InChI=1S/C30H36N6O/c1-29(2,3)25(31)27-33-15-21(35-27)17-7-9-18(10-8-17)23-14-20-12-11-19(13-24(20)37-23)22-16-34-28(36-22)26(32)30(4,5)6/h7-16,25-26H,31-32H2,1-6H3,(H,33,35)(H,34,36)/t25-,26-/m1/s1. The molecule has 192 valence electrons. The lowest BCUT2D eigenvalue weighted by molar-refractivity contribution is 0.316. The van der Waals surface area contributed by atoms with Crippen LogP contribution in [-0.2, 0) is 0 Å². The fourth-order valence-corrected chi connectivity index (χ4v) is 4.26. The molecule has 7 heteroatoms. The zero-order valence-corrected chi connectivity index (χ0v) is 22.4. The van der Waals surface area contributed by atoms with Crippen LogP contribution in [0.5, 0.6) is 0 Å². The number of nitrogens with zero attached hydrogens (tertiary/aromatic N) is 2. The van der Waals surface area contributed by atoms with E-state index in [1.807, 2.05) is 18.5 Å². The van der Waals surface area contributed by atoms with E-state index >= 15 is 0 Å². The molecule has 2 aromatic carbocycles. The maximum atomic E-state index is 6.38. The summed E-state index contributed by atoms with van der Waals surface area (Å²) in [5.41, 5.74) is 18.3. The third kappa shape index (κ3) is 4.97. The van der Waals surface area contributed by atoms with Gasteiger partial charge in [-0.3, -0.25) is 0 Å². The highest BCUT2D eigenvalue weighted by molar-refractivity contribution is 5.86. The first-order valence-corrected chi connectivity index (χ1v) is 12.7. The molecule has 3 heterocycles. The number of fused-ring (bicyclic) bond motifs is 1. The van der Waals surface area contributed by atoms with E-state index in [4.69, 9.17) is 15.9 Å². The van der Waals surface area contributed by atoms with Crippen LogP contribution in [0, 0.1) is 10.8 Å². The van der Waals surface area contributed by atoms with E-state index in [2.05, 4.69) is 104 Å². The van der Waals surface area contributed by atoms with E-state index in [0.717, 1.165) is 56.5 Å². The van der Waals surface area contributed by atoms with Gasteiger partial charge in [0.2, 0.25) is 0 Å². The van der Waals surface area contributed by atoms with Crippen LogP contribution in [0.15, 0.2) is 65.3 Å². The number of nitrogens with two attached hydrogens (primary N) is 2. The molecule has 7 nitrogen and oxygen atoms in total. The Kier molecular flexibility index (Phi) is 6.09. The summed E-state index contributed by atoms with van der Waals surface area (Å²) in [6, 6.07) is 16.2. The maximum Gasteiger partial charge on any atom is 0.135 e. The van der Waals surface area contributed by atoms with Crippen LogP contribution in [-0.4, -0.2) is 19.9 Å². The summed E-state index contributed by atoms with van der Waals surface area (Å²) in [5.74, 6) is 2.40. The Hall–Kier alpha value is -3.68. The summed E-state index contributed by atoms with van der Waals surface area (Å²) in [5, 5.41) is 1.04. The number of hydrogen-bond donors (Lipinski definition) is 4. The van der Waals surface area contributed by atoms with Crippen molar-refractivity contribution in [2.45, 2.75) is 53.6 Å². The molecule has 0 aliphatic carbocycles. The highest BCUT2D eigenvalue weighted by Gasteiger charge is 2.26. The second-order valence-corrected chi connectivity index (χ2v) is 12.0. The van der Waals surface area contributed by atoms with Crippen molar-refractivity contribution in [1.82, 2.24) is 19.9 Å². The SMILES string of the molecule is CC(C)(C)[C@H](N)c1ncc(-c2ccc(-c3cc4ccc(-c5cnc([C@@H](N)C(C)(C)C)[nH]5)cc4o3)cc2)[nH]1. The smallest absolute Gasteiger partial charge is 0.135 e. The van der Waals surface area contributed by atoms with Crippen molar-refractivity contribution >= 4 is 11.0 Å². The van der Waals surface area contributed by atoms with Gasteiger partial charge in [0, 0.05) is 16.5 Å². The summed E-state index contributed by atoms with van der Waals surface area (Å²) in [4.78, 5) is 15.8. The maximum absolute atomic E-state index is 6.38. The van der Waals surface area contributed by atoms with Crippen molar-refractivity contribution in [1.29, 1.82) is 0 Å². The fraction of sp³-hybridized carbons (Fsp3) is 0.333. The first kappa shape index (κ1) is 25.0. The van der Waals surface area contributed by atoms with E-state index in [0.29, 0.717) is 0 Å². The third-order valence-corrected chi connectivity index (χ3v) is 6.96. The van der Waals surface area contributed by atoms with Gasteiger partial charge >= 0.3 is 0 Å². The lowest BCUT2D eigenvalue weighted by atomic mass is 9.87. The number of rotatable bonds is 5. The second-order valence-electron chi connectivity index (χ2n) is 12.0. The van der Waals surface area contributed by atoms with Crippen LogP contribution >= 0.6 is 0 Å². The Morgan fingerprint density at radius 1 is 0.676 bits per heavy atom. The number of hydrogen-bond acceptors (Lipinski definition) is 5. The minimum atomic E-state index is -0.174. The van der Waals surface area contributed by atoms with E-state index in [1.165, 1.54) is 0 Å². The molecule has 0 aliphatic heterocycles. The molecule has 0 fully saturated rings. The van der Waals surface area contributed by atoms with Gasteiger partial charge < -0.3 is 25.9 Å². The minimum absolute atomic E-state index is 0.0704. The molecule has 3 aromatic heterocycles. The number of benzene rings is 2. The lowest BCUT2D eigenvalue weighted by Gasteiger charge is -2.25. The average Bonchev–Trinajstić information content (AvgIpc) is 3.61. The molecule has 0 spiro atoms. The normalized spacial score (nSPS) is 14.3. The van der Waals surface area contributed by atoms with Crippen LogP contribution in [0.1, 0.15) is 65.3 Å². The average molecular weight is 497 g/mol. The number of imidazole rings is 2. The van der Waals surface area contributed by atoms with E-state index in [-0.39, 0.29) is 22.9 Å². The first-order chi connectivity index (χ1) is 17.4. The Labute approximate surface area is 217 Å². The van der Waals surface area contributed by atoms with Crippen molar-refractivity contribution in [3.05, 3.63) is 72.6 Å². The molecule has 0 saturated heterocycles. The van der Waals surface area contributed by atoms with Crippen LogP contribution in [0.25, 0.3) is 44.8 Å². The molecule has 0 amide bonds. The highest BCUT2D eigenvalue weighted by Crippen LogP contribution is 2.34. The molecular weight excluding hydrogens is 460 g/mol. The predicted molar refractivity (Wildman–Crippen MR) is 150 cm³/mol. The molecule has 37 heavy (non-hydrogen) atoms. The topological polar surface area (TPSA) is 123 Å². The molecular formula is C30H36N6O. The Morgan fingerprint density at radius 2 is 1.16 bits per heavy atom. The van der Waals surface area contributed by atoms with Crippen molar-refractivity contribution in [3.8, 4) is 33.8 Å². The van der Waals surface area contributed by atoms with Gasteiger partial charge in [0.05, 0.1) is 35.9 Å². The van der Waals surface area contributed by atoms with Crippen molar-refractivity contribution in [2.75, 3.05) is 0 Å². The Bertz CT molecular complexity index is 1520. The van der Waals surface area contributed by atoms with Crippen LogP contribution in [0.4, 0.5) is 0 Å². The van der Waals surface area contributed by atoms with Gasteiger partial charge in [0.1, 0.15) is 23.0 Å². The fourth-order valence-electron chi connectivity index (χ4n) is 4.26. The van der Waals surface area contributed by atoms with E-state index in [9.17, 15) is 0 Å². The van der Waals surface area contributed by atoms with Gasteiger partial charge in [-0.2, -0.15) is 0 Å². The molecule has 0 aliphatic rings. The first-order valence-electron chi connectivity index (χ1n) is 12.7. The largest absolute Gasteiger partial charge is 0.456 e. The second kappa shape index (κ2) is 9.01. The van der Waals surface area contributed by atoms with Gasteiger partial charge in [-0.15, -0.1) is 0 Å². The summed E-state index contributed by atoms with van der Waals surface area (Å²) < 4.78 is 6.25. The molecule has 2 atom stereocenters. The lowest BCUT2D eigenvalue weighted by Crippen LogP contribution is -2.27. The molecule has 5 rings (SSSR count). The quantitative estimate of drug-likeness (QED) is 0.209. The molecule has 0 saturated carbocycles. The molecule has 6 N–H and O–H groups in total. The van der Waals surface area contributed by atoms with Gasteiger partial charge in [-0.25, -0.2) is 9.97 Å².